The summed E-state index contributed by atoms with van der Waals surface area (Å²) in [5.41, 5.74) is 2.36. The number of hydrogen-bond donors (Lipinski definition) is 1. The van der Waals surface area contributed by atoms with Crippen LogP contribution in [0.4, 0.5) is 0 Å². The van der Waals surface area contributed by atoms with Crippen LogP contribution in [0, 0.1) is 10.1 Å². The van der Waals surface area contributed by atoms with Gasteiger partial charge >= 0.3 is 5.97 Å². The summed E-state index contributed by atoms with van der Waals surface area (Å²) in [6.07, 6.45) is 3.26. The minimum Gasteiger partial charge on any atom is -0.504 e. The van der Waals surface area contributed by atoms with Crippen molar-refractivity contribution in [1.29, 1.82) is 0 Å². The number of methoxy groups -OCH3 is 1. The van der Waals surface area contributed by atoms with E-state index in [1.807, 2.05) is 0 Å². The summed E-state index contributed by atoms with van der Waals surface area (Å²) in [6, 6.07) is 11.9. The molecule has 142 valence electrons. The molecular weight excluding hydrogens is 354 g/mol. The molecule has 0 aromatic heterocycles. The second kappa shape index (κ2) is 9.81. The van der Waals surface area contributed by atoms with Crippen molar-refractivity contribution in [3.8, 4) is 11.5 Å². The van der Waals surface area contributed by atoms with Gasteiger partial charge in [-0.15, -0.1) is 10.1 Å². The summed E-state index contributed by atoms with van der Waals surface area (Å²) in [4.78, 5) is 26.2. The number of phenolic OH excluding ortho intramolecular Hbond substituents is 1. The lowest BCUT2D eigenvalue weighted by Gasteiger charge is -2.05. The molecule has 8 nitrogen and oxygen atoms in total. The molecule has 8 heteroatoms. The summed E-state index contributed by atoms with van der Waals surface area (Å²) in [5, 5.41) is 18.8. The van der Waals surface area contributed by atoms with Gasteiger partial charge in [0.15, 0.2) is 11.5 Å². The normalized spacial score (nSPS) is 10.6. The number of esters is 1. The molecule has 0 saturated heterocycles. The maximum Gasteiger partial charge on any atom is 0.331 e. The highest BCUT2D eigenvalue weighted by Crippen LogP contribution is 2.26. The van der Waals surface area contributed by atoms with Crippen molar-refractivity contribution >= 4 is 12.0 Å². The third-order valence-corrected chi connectivity index (χ3v) is 3.61. The van der Waals surface area contributed by atoms with E-state index in [4.69, 9.17) is 9.47 Å². The van der Waals surface area contributed by atoms with Crippen molar-refractivity contribution in [2.45, 2.75) is 13.0 Å². The van der Waals surface area contributed by atoms with Gasteiger partial charge in [-0.2, -0.15) is 0 Å². The van der Waals surface area contributed by atoms with Crippen molar-refractivity contribution in [1.82, 2.24) is 0 Å². The molecule has 0 aliphatic carbocycles. The Balaban J connectivity index is 1.82. The van der Waals surface area contributed by atoms with Crippen molar-refractivity contribution in [3.63, 3.8) is 0 Å². The number of ether oxygens (including phenoxy) is 2. The average molecular weight is 373 g/mol. The number of rotatable bonds is 9. The van der Waals surface area contributed by atoms with Crippen LogP contribution in [0.5, 0.6) is 11.5 Å². The number of carbonyl (C=O) groups excluding carboxylic acids is 1. The van der Waals surface area contributed by atoms with Crippen molar-refractivity contribution in [2.24, 2.45) is 0 Å². The first-order valence-corrected chi connectivity index (χ1v) is 8.05. The lowest BCUT2D eigenvalue weighted by atomic mass is 10.1. The standard InChI is InChI=1S/C19H19NO7/c1-25-18-12-15(6-8-17(18)21)7-9-19(22)26-13-16-4-2-14(3-5-16)10-11-27-20(23)24/h2-9,12,21H,10-11,13H2,1H3/b9-7+. The number of hydrogen-bond acceptors (Lipinski definition) is 7. The Kier molecular flexibility index (Phi) is 7.18. The number of carbonyl (C=O) groups is 1. The molecule has 0 radical (unpaired) electrons. The molecule has 1 N–H and O–H groups in total. The van der Waals surface area contributed by atoms with E-state index in [0.29, 0.717) is 17.7 Å². The van der Waals surface area contributed by atoms with E-state index < -0.39 is 11.1 Å². The van der Waals surface area contributed by atoms with Crippen LogP contribution < -0.4 is 4.74 Å². The number of phenols is 1. The first-order chi connectivity index (χ1) is 13.0. The number of nitrogens with zero attached hydrogens (tertiary/aromatic N) is 1. The Morgan fingerprint density at radius 1 is 1.19 bits per heavy atom. The fraction of sp³-hybridized carbons (Fsp3) is 0.211. The molecule has 0 aliphatic rings. The highest BCUT2D eigenvalue weighted by Gasteiger charge is 2.03. The van der Waals surface area contributed by atoms with E-state index in [2.05, 4.69) is 4.84 Å². The predicted molar refractivity (Wildman–Crippen MR) is 96.6 cm³/mol. The molecule has 0 unspecified atom stereocenters. The summed E-state index contributed by atoms with van der Waals surface area (Å²) in [5.74, 6) is -0.176. The fourth-order valence-electron chi connectivity index (χ4n) is 2.20. The molecule has 0 fully saturated rings. The minimum absolute atomic E-state index is 0.00578. The summed E-state index contributed by atoms with van der Waals surface area (Å²) < 4.78 is 10.2. The molecular formula is C19H19NO7. The second-order valence-electron chi connectivity index (χ2n) is 5.50. The molecule has 0 amide bonds. The third-order valence-electron chi connectivity index (χ3n) is 3.61. The van der Waals surface area contributed by atoms with Crippen molar-refractivity contribution in [3.05, 3.63) is 75.3 Å². The molecule has 0 saturated carbocycles. The van der Waals surface area contributed by atoms with Crippen LogP contribution in [-0.4, -0.2) is 29.9 Å². The zero-order valence-electron chi connectivity index (χ0n) is 14.7. The first-order valence-electron chi connectivity index (χ1n) is 8.05. The SMILES string of the molecule is COc1cc(/C=C/C(=O)OCc2ccc(CCO[N+](=O)[O-])cc2)ccc1O. The van der Waals surface area contributed by atoms with Gasteiger partial charge in [0.25, 0.3) is 5.09 Å². The Labute approximate surface area is 155 Å². The van der Waals surface area contributed by atoms with E-state index >= 15 is 0 Å². The van der Waals surface area contributed by atoms with Crippen LogP contribution in [0.3, 0.4) is 0 Å². The van der Waals surface area contributed by atoms with E-state index in [1.165, 1.54) is 19.3 Å². The van der Waals surface area contributed by atoms with E-state index in [0.717, 1.165) is 11.1 Å². The van der Waals surface area contributed by atoms with Crippen molar-refractivity contribution in [2.75, 3.05) is 13.7 Å². The molecule has 0 bridgehead atoms. The smallest absolute Gasteiger partial charge is 0.331 e. The van der Waals surface area contributed by atoms with Gasteiger partial charge in [0, 0.05) is 6.08 Å². The molecule has 2 rings (SSSR count). The largest absolute Gasteiger partial charge is 0.504 e. The second-order valence-corrected chi connectivity index (χ2v) is 5.50. The Hall–Kier alpha value is -3.55. The number of aromatic hydroxyl groups is 1. The molecule has 0 atom stereocenters. The third kappa shape index (κ3) is 6.69. The lowest BCUT2D eigenvalue weighted by Crippen LogP contribution is -2.05. The van der Waals surface area contributed by atoms with Gasteiger partial charge in [0.2, 0.25) is 0 Å². The van der Waals surface area contributed by atoms with E-state index in [1.54, 1.807) is 42.5 Å². The molecule has 2 aromatic rings. The topological polar surface area (TPSA) is 108 Å². The van der Waals surface area contributed by atoms with Gasteiger partial charge in [0.05, 0.1) is 7.11 Å². The molecule has 0 spiro atoms. The van der Waals surface area contributed by atoms with Crippen LogP contribution >= 0.6 is 0 Å². The van der Waals surface area contributed by atoms with Crippen LogP contribution in [0.25, 0.3) is 6.08 Å². The zero-order chi connectivity index (χ0) is 19.6. The van der Waals surface area contributed by atoms with Gasteiger partial charge in [-0.25, -0.2) is 4.79 Å². The van der Waals surface area contributed by atoms with Crippen LogP contribution in [0.2, 0.25) is 0 Å². The lowest BCUT2D eigenvalue weighted by molar-refractivity contribution is -0.757. The molecule has 27 heavy (non-hydrogen) atoms. The quantitative estimate of drug-likeness (QED) is 0.311. The minimum atomic E-state index is -0.824. The molecule has 2 aromatic carbocycles. The van der Waals surface area contributed by atoms with Crippen molar-refractivity contribution < 1.29 is 29.3 Å². The number of benzene rings is 2. The Bertz CT molecular complexity index is 815. The predicted octanol–water partition coefficient (Wildman–Crippen LogP) is 2.91. The van der Waals surface area contributed by atoms with Gasteiger partial charge in [-0.05, 0) is 41.3 Å². The van der Waals surface area contributed by atoms with Gasteiger partial charge in [0.1, 0.15) is 13.2 Å². The van der Waals surface area contributed by atoms with Crippen LogP contribution in [0.15, 0.2) is 48.5 Å². The first kappa shape index (κ1) is 19.8. The highest BCUT2D eigenvalue weighted by atomic mass is 16.9. The molecule has 0 heterocycles. The van der Waals surface area contributed by atoms with Gasteiger partial charge in [-0.3, -0.25) is 0 Å². The van der Waals surface area contributed by atoms with Gasteiger partial charge < -0.3 is 19.4 Å². The summed E-state index contributed by atoms with van der Waals surface area (Å²) >= 11 is 0. The average Bonchev–Trinajstić information content (AvgIpc) is 2.66. The maximum absolute atomic E-state index is 11.8. The van der Waals surface area contributed by atoms with Crippen LogP contribution in [0.1, 0.15) is 16.7 Å². The fourth-order valence-corrected chi connectivity index (χ4v) is 2.20. The highest BCUT2D eigenvalue weighted by molar-refractivity contribution is 5.87. The van der Waals surface area contributed by atoms with Gasteiger partial charge in [-0.1, -0.05) is 30.3 Å². The Morgan fingerprint density at radius 2 is 1.89 bits per heavy atom. The van der Waals surface area contributed by atoms with E-state index in [-0.39, 0.29) is 19.0 Å². The monoisotopic (exact) mass is 373 g/mol. The summed E-state index contributed by atoms with van der Waals surface area (Å²) in [6.45, 7) is 0.0991. The van der Waals surface area contributed by atoms with E-state index in [9.17, 15) is 20.0 Å². The zero-order valence-corrected chi connectivity index (χ0v) is 14.7. The van der Waals surface area contributed by atoms with Crippen LogP contribution in [-0.2, 0) is 27.4 Å². The maximum atomic E-state index is 11.8. The molecule has 0 aliphatic heterocycles. The summed E-state index contributed by atoms with van der Waals surface area (Å²) in [7, 11) is 1.44. The Morgan fingerprint density at radius 3 is 2.56 bits per heavy atom.